The first-order chi connectivity index (χ1) is 10.0. The number of methoxy groups -OCH3 is 1. The van der Waals surface area contributed by atoms with Crippen LogP contribution in [0.1, 0.15) is 12.0 Å². The maximum absolute atomic E-state index is 12.0. The summed E-state index contributed by atoms with van der Waals surface area (Å²) in [4.78, 5) is 25.4. The van der Waals surface area contributed by atoms with Crippen LogP contribution in [0.2, 0.25) is 10.0 Å². The highest BCUT2D eigenvalue weighted by Crippen LogP contribution is 2.27. The molecule has 1 aliphatic heterocycles. The molecule has 1 heterocycles. The quantitative estimate of drug-likeness (QED) is 0.856. The molecule has 21 heavy (non-hydrogen) atoms. The summed E-state index contributed by atoms with van der Waals surface area (Å²) in [6.45, 7) is 1.56. The molecule has 2 rings (SSSR count). The minimum atomic E-state index is -0.571. The van der Waals surface area contributed by atoms with Crippen molar-refractivity contribution in [2.24, 2.45) is 0 Å². The van der Waals surface area contributed by atoms with Crippen LogP contribution < -0.4 is 5.32 Å². The predicted octanol–water partition coefficient (Wildman–Crippen LogP) is 1.86. The van der Waals surface area contributed by atoms with Gasteiger partial charge in [0, 0.05) is 35.2 Å². The van der Waals surface area contributed by atoms with Crippen molar-refractivity contribution in [3.05, 3.63) is 33.8 Å². The second-order valence-electron chi connectivity index (χ2n) is 4.76. The Bertz CT molecular complexity index is 531. The summed E-state index contributed by atoms with van der Waals surface area (Å²) in [6.07, 6.45) is 0.00437. The molecular weight excluding hydrogens is 315 g/mol. The molecule has 0 aliphatic carbocycles. The number of hydrogen-bond donors (Lipinski definition) is 1. The van der Waals surface area contributed by atoms with Crippen LogP contribution >= 0.6 is 23.2 Å². The summed E-state index contributed by atoms with van der Waals surface area (Å²) >= 11 is 12.3. The van der Waals surface area contributed by atoms with Crippen molar-refractivity contribution in [1.82, 2.24) is 10.2 Å². The molecule has 0 radical (unpaired) electrons. The zero-order valence-corrected chi connectivity index (χ0v) is 13.1. The lowest BCUT2D eigenvalue weighted by atomic mass is 10.1. The molecule has 0 unspecified atom stereocenters. The molecule has 1 saturated heterocycles. The number of piperazine rings is 1. The van der Waals surface area contributed by atoms with Gasteiger partial charge in [0.05, 0.1) is 13.5 Å². The number of carbonyl (C=O) groups is 2. The van der Waals surface area contributed by atoms with Gasteiger partial charge < -0.3 is 10.1 Å². The number of ether oxygens (including phenoxy) is 1. The molecule has 7 heteroatoms. The summed E-state index contributed by atoms with van der Waals surface area (Å²) in [6, 6.07) is 4.70. The normalized spacial score (nSPS) is 19.2. The summed E-state index contributed by atoms with van der Waals surface area (Å²) in [5.41, 5.74) is 0.755. The number of rotatable bonds is 4. The molecule has 114 valence electrons. The first kappa shape index (κ1) is 16.1. The van der Waals surface area contributed by atoms with E-state index in [4.69, 9.17) is 23.2 Å². The number of esters is 1. The molecule has 1 fully saturated rings. The maximum Gasteiger partial charge on any atom is 0.307 e. The maximum atomic E-state index is 12.0. The predicted molar refractivity (Wildman–Crippen MR) is 80.3 cm³/mol. The Morgan fingerprint density at radius 1 is 1.43 bits per heavy atom. The van der Waals surface area contributed by atoms with Crippen molar-refractivity contribution in [3.63, 3.8) is 0 Å². The van der Waals surface area contributed by atoms with E-state index in [9.17, 15) is 9.59 Å². The standard InChI is InChI=1S/C14H16Cl2N2O3/c1-21-13(19)7-12-14(20)17-5-6-18(12)8-9-10(15)3-2-4-11(9)16/h2-4,12H,5-8H2,1H3,(H,17,20)/t12-/m1/s1. The number of benzene rings is 1. The van der Waals surface area contributed by atoms with Crippen LogP contribution in [-0.2, 0) is 20.9 Å². The Kier molecular flexibility index (Phi) is 5.45. The van der Waals surface area contributed by atoms with Gasteiger partial charge in [-0.25, -0.2) is 0 Å². The monoisotopic (exact) mass is 330 g/mol. The Hall–Kier alpha value is -1.30. The third-order valence-electron chi connectivity index (χ3n) is 3.45. The Morgan fingerprint density at radius 2 is 2.10 bits per heavy atom. The number of carbonyl (C=O) groups excluding carboxylic acids is 2. The molecule has 5 nitrogen and oxygen atoms in total. The fourth-order valence-corrected chi connectivity index (χ4v) is 2.82. The second-order valence-corrected chi connectivity index (χ2v) is 5.57. The molecule has 1 aliphatic rings. The van der Waals surface area contributed by atoms with Crippen molar-refractivity contribution in [1.29, 1.82) is 0 Å². The molecule has 1 N–H and O–H groups in total. The lowest BCUT2D eigenvalue weighted by molar-refractivity contribution is -0.146. The third-order valence-corrected chi connectivity index (χ3v) is 4.16. The van der Waals surface area contributed by atoms with E-state index in [-0.39, 0.29) is 12.3 Å². The van der Waals surface area contributed by atoms with Crippen molar-refractivity contribution < 1.29 is 14.3 Å². The number of halogens is 2. The molecule has 1 amide bonds. The van der Waals surface area contributed by atoms with Crippen LogP contribution in [0.4, 0.5) is 0 Å². The van der Waals surface area contributed by atoms with Crippen LogP contribution in [0, 0.1) is 0 Å². The van der Waals surface area contributed by atoms with Gasteiger partial charge in [-0.05, 0) is 12.1 Å². The topological polar surface area (TPSA) is 58.6 Å². The minimum Gasteiger partial charge on any atom is -0.469 e. The second kappa shape index (κ2) is 7.11. The van der Waals surface area contributed by atoms with E-state index in [0.29, 0.717) is 29.7 Å². The van der Waals surface area contributed by atoms with E-state index in [1.807, 2.05) is 4.90 Å². The van der Waals surface area contributed by atoms with Gasteiger partial charge in [0.2, 0.25) is 5.91 Å². The van der Waals surface area contributed by atoms with Gasteiger partial charge in [-0.2, -0.15) is 0 Å². The van der Waals surface area contributed by atoms with Gasteiger partial charge in [0.25, 0.3) is 0 Å². The van der Waals surface area contributed by atoms with Crippen LogP contribution in [0.3, 0.4) is 0 Å². The lowest BCUT2D eigenvalue weighted by Crippen LogP contribution is -2.55. The smallest absolute Gasteiger partial charge is 0.307 e. The van der Waals surface area contributed by atoms with E-state index in [2.05, 4.69) is 10.1 Å². The van der Waals surface area contributed by atoms with E-state index in [1.165, 1.54) is 7.11 Å². The molecular formula is C14H16Cl2N2O3. The van der Waals surface area contributed by atoms with E-state index in [1.54, 1.807) is 18.2 Å². The highest BCUT2D eigenvalue weighted by Gasteiger charge is 2.32. The number of hydrogen-bond acceptors (Lipinski definition) is 4. The Balaban J connectivity index is 2.19. The van der Waals surface area contributed by atoms with Crippen LogP contribution in [0.5, 0.6) is 0 Å². The largest absolute Gasteiger partial charge is 0.469 e. The van der Waals surface area contributed by atoms with Crippen LogP contribution in [0.15, 0.2) is 18.2 Å². The molecule has 1 atom stereocenters. The Morgan fingerprint density at radius 3 is 2.71 bits per heavy atom. The van der Waals surface area contributed by atoms with Gasteiger partial charge >= 0.3 is 5.97 Å². The van der Waals surface area contributed by atoms with Crippen molar-refractivity contribution in [2.45, 2.75) is 19.0 Å². The SMILES string of the molecule is COC(=O)C[C@@H]1C(=O)NCCN1Cc1c(Cl)cccc1Cl. The van der Waals surface area contributed by atoms with Crippen molar-refractivity contribution in [2.75, 3.05) is 20.2 Å². The van der Waals surface area contributed by atoms with Gasteiger partial charge in [0.15, 0.2) is 0 Å². The fourth-order valence-electron chi connectivity index (χ4n) is 2.30. The average molecular weight is 331 g/mol. The van der Waals surface area contributed by atoms with Gasteiger partial charge in [-0.1, -0.05) is 29.3 Å². The molecule has 0 spiro atoms. The van der Waals surface area contributed by atoms with Crippen LogP contribution in [0.25, 0.3) is 0 Å². The summed E-state index contributed by atoms with van der Waals surface area (Å²) in [5.74, 6) is -0.609. The van der Waals surface area contributed by atoms with Gasteiger partial charge in [-0.15, -0.1) is 0 Å². The van der Waals surface area contributed by atoms with Gasteiger partial charge in [0.1, 0.15) is 6.04 Å². The number of nitrogens with zero attached hydrogens (tertiary/aromatic N) is 1. The van der Waals surface area contributed by atoms with Gasteiger partial charge in [-0.3, -0.25) is 14.5 Å². The van der Waals surface area contributed by atoms with E-state index < -0.39 is 12.0 Å². The van der Waals surface area contributed by atoms with E-state index in [0.717, 1.165) is 5.56 Å². The molecule has 1 aromatic rings. The van der Waals surface area contributed by atoms with Crippen molar-refractivity contribution in [3.8, 4) is 0 Å². The average Bonchev–Trinajstić information content (AvgIpc) is 2.46. The number of nitrogens with one attached hydrogen (secondary N) is 1. The first-order valence-electron chi connectivity index (χ1n) is 6.54. The molecule has 1 aromatic carbocycles. The summed E-state index contributed by atoms with van der Waals surface area (Å²) in [5, 5.41) is 3.85. The lowest BCUT2D eigenvalue weighted by Gasteiger charge is -2.34. The fraction of sp³-hybridized carbons (Fsp3) is 0.429. The molecule has 0 aromatic heterocycles. The Labute approximate surface area is 133 Å². The zero-order chi connectivity index (χ0) is 15.4. The highest BCUT2D eigenvalue weighted by molar-refractivity contribution is 6.35. The summed E-state index contributed by atoms with van der Waals surface area (Å²) < 4.78 is 4.65. The van der Waals surface area contributed by atoms with Crippen LogP contribution in [-0.4, -0.2) is 43.0 Å². The third kappa shape index (κ3) is 3.87. The highest BCUT2D eigenvalue weighted by atomic mass is 35.5. The molecule has 0 bridgehead atoms. The van der Waals surface area contributed by atoms with Crippen molar-refractivity contribution >= 4 is 35.1 Å². The minimum absolute atomic E-state index is 0.00437. The summed E-state index contributed by atoms with van der Waals surface area (Å²) in [7, 11) is 1.30. The zero-order valence-electron chi connectivity index (χ0n) is 11.6. The number of amides is 1. The first-order valence-corrected chi connectivity index (χ1v) is 7.30. The molecule has 0 saturated carbocycles. The van der Waals surface area contributed by atoms with E-state index >= 15 is 0 Å².